The molecule has 0 bridgehead atoms. The number of carbonyl (C=O) groups excluding carboxylic acids is 1. The van der Waals surface area contributed by atoms with E-state index in [0.717, 1.165) is 11.6 Å². The summed E-state index contributed by atoms with van der Waals surface area (Å²) in [5.41, 5.74) is 1.36. The molecule has 0 fully saturated rings. The molecule has 0 atom stereocenters. The molecule has 0 saturated carbocycles. The van der Waals surface area contributed by atoms with Crippen molar-refractivity contribution in [3.8, 4) is 0 Å². The first-order chi connectivity index (χ1) is 12.3. The maximum atomic E-state index is 12.2. The highest BCUT2D eigenvalue weighted by Gasteiger charge is 2.21. The fourth-order valence-corrected chi connectivity index (χ4v) is 3.65. The van der Waals surface area contributed by atoms with Gasteiger partial charge < -0.3 is 4.90 Å². The topological polar surface area (TPSA) is 80.2 Å². The van der Waals surface area contributed by atoms with Gasteiger partial charge in [-0.05, 0) is 36.4 Å². The van der Waals surface area contributed by atoms with Gasteiger partial charge in [0, 0.05) is 18.6 Å². The van der Waals surface area contributed by atoms with E-state index in [1.54, 1.807) is 30.3 Å². The Morgan fingerprint density at radius 1 is 1.08 bits per heavy atom. The minimum absolute atomic E-state index is 0.0946. The molecule has 0 aliphatic rings. The average Bonchev–Trinajstić information content (AvgIpc) is 2.58. The highest BCUT2D eigenvalue weighted by atomic mass is 35.5. The quantitative estimate of drug-likeness (QED) is 0.640. The number of benzene rings is 1. The normalized spacial score (nSPS) is 11.5. The largest absolute Gasteiger partial charge is 0.305 e. The van der Waals surface area contributed by atoms with Crippen molar-refractivity contribution in [1.29, 1.82) is 0 Å². The molecule has 0 aliphatic carbocycles. The molecule has 2 aromatic heterocycles. The van der Waals surface area contributed by atoms with Crippen molar-refractivity contribution >= 4 is 44.1 Å². The fourth-order valence-electron chi connectivity index (χ4n) is 2.62. The molecule has 1 amide bonds. The molecule has 6 nitrogen and oxygen atoms in total. The molecule has 8 heteroatoms. The monoisotopic (exact) mass is 389 g/mol. The first kappa shape index (κ1) is 18.3. The summed E-state index contributed by atoms with van der Waals surface area (Å²) < 4.78 is 24.1. The third-order valence-electron chi connectivity index (χ3n) is 3.83. The van der Waals surface area contributed by atoms with Gasteiger partial charge >= 0.3 is 0 Å². The first-order valence-corrected chi connectivity index (χ1v) is 10.0. The van der Waals surface area contributed by atoms with Crippen LogP contribution in [0.1, 0.15) is 12.6 Å². The molecule has 0 unspecified atom stereocenters. The number of hydrogen-bond donors (Lipinski definition) is 0. The van der Waals surface area contributed by atoms with Gasteiger partial charge in [-0.1, -0.05) is 23.7 Å². The predicted molar refractivity (Wildman–Crippen MR) is 101 cm³/mol. The van der Waals surface area contributed by atoms with Crippen LogP contribution in [-0.2, 0) is 21.2 Å². The Bertz CT molecular complexity index is 1100. The van der Waals surface area contributed by atoms with E-state index in [9.17, 15) is 13.2 Å². The van der Waals surface area contributed by atoms with Gasteiger partial charge in [-0.2, -0.15) is 0 Å². The van der Waals surface area contributed by atoms with Crippen molar-refractivity contribution in [3.05, 3.63) is 59.4 Å². The Morgan fingerprint density at radius 2 is 1.77 bits per heavy atom. The van der Waals surface area contributed by atoms with Crippen LogP contribution in [0.3, 0.4) is 0 Å². The van der Waals surface area contributed by atoms with E-state index in [0.29, 0.717) is 22.2 Å². The Hall–Kier alpha value is -2.51. The molecule has 134 valence electrons. The van der Waals surface area contributed by atoms with Gasteiger partial charge in [-0.3, -0.25) is 4.79 Å². The van der Waals surface area contributed by atoms with Crippen LogP contribution in [0.15, 0.2) is 53.4 Å². The molecule has 2 heterocycles. The van der Waals surface area contributed by atoms with Crippen molar-refractivity contribution in [2.24, 2.45) is 0 Å². The molecule has 0 aliphatic heterocycles. The highest BCUT2D eigenvalue weighted by Crippen LogP contribution is 2.27. The van der Waals surface area contributed by atoms with E-state index in [1.807, 2.05) is 12.1 Å². The summed E-state index contributed by atoms with van der Waals surface area (Å²) in [6, 6.07) is 13.5. The zero-order chi connectivity index (χ0) is 18.9. The zero-order valence-corrected chi connectivity index (χ0v) is 15.8. The maximum absolute atomic E-state index is 12.2. The van der Waals surface area contributed by atoms with E-state index in [1.165, 1.54) is 17.9 Å². The van der Waals surface area contributed by atoms with E-state index in [-0.39, 0.29) is 17.3 Å². The molecular formula is C18H16ClN3O3S. The summed E-state index contributed by atoms with van der Waals surface area (Å²) in [7, 11) is -3.49. The molecule has 26 heavy (non-hydrogen) atoms. The molecule has 1 aromatic carbocycles. The molecule has 0 radical (unpaired) electrons. The van der Waals surface area contributed by atoms with Gasteiger partial charge in [-0.15, -0.1) is 0 Å². The summed E-state index contributed by atoms with van der Waals surface area (Å²) in [5, 5.41) is 1.15. The van der Waals surface area contributed by atoms with Gasteiger partial charge in [0.05, 0.1) is 22.8 Å². The van der Waals surface area contributed by atoms with Crippen LogP contribution >= 0.6 is 11.6 Å². The fraction of sp³-hybridized carbons (Fsp3) is 0.167. The SMILES string of the molecule is CC(=O)N(Cc1ccc2ccc(Cl)nc2n1)c1ccccc1S(C)(=O)=O. The van der Waals surface area contributed by atoms with Crippen LogP contribution in [0.2, 0.25) is 5.15 Å². The summed E-state index contributed by atoms with van der Waals surface area (Å²) >= 11 is 5.91. The van der Waals surface area contributed by atoms with Crippen molar-refractivity contribution in [1.82, 2.24) is 9.97 Å². The number of sulfone groups is 1. The number of amides is 1. The second-order valence-electron chi connectivity index (χ2n) is 5.83. The Morgan fingerprint density at radius 3 is 2.46 bits per heavy atom. The Balaban J connectivity index is 2.05. The van der Waals surface area contributed by atoms with Crippen LogP contribution in [0.25, 0.3) is 11.0 Å². The molecule has 0 spiro atoms. The van der Waals surface area contributed by atoms with Gasteiger partial charge in [0.1, 0.15) is 5.15 Å². The third kappa shape index (κ3) is 3.84. The first-order valence-electron chi connectivity index (χ1n) is 7.75. The lowest BCUT2D eigenvalue weighted by Crippen LogP contribution is -2.29. The van der Waals surface area contributed by atoms with Crippen molar-refractivity contribution in [2.75, 3.05) is 11.2 Å². The number of halogens is 1. The number of pyridine rings is 2. The lowest BCUT2D eigenvalue weighted by Gasteiger charge is -2.23. The second kappa shape index (κ2) is 7.01. The van der Waals surface area contributed by atoms with E-state index in [4.69, 9.17) is 11.6 Å². The number of rotatable bonds is 4. The molecule has 3 rings (SSSR count). The number of aromatic nitrogens is 2. The van der Waals surface area contributed by atoms with Gasteiger partial charge in [0.25, 0.3) is 0 Å². The van der Waals surface area contributed by atoms with E-state index >= 15 is 0 Å². The Labute approximate surface area is 156 Å². The van der Waals surface area contributed by atoms with Crippen LogP contribution < -0.4 is 4.90 Å². The lowest BCUT2D eigenvalue weighted by atomic mass is 10.2. The summed E-state index contributed by atoms with van der Waals surface area (Å²) in [5.74, 6) is -0.290. The second-order valence-corrected chi connectivity index (χ2v) is 8.20. The number of anilines is 1. The molecule has 0 saturated heterocycles. The van der Waals surface area contributed by atoms with Crippen molar-refractivity contribution in [2.45, 2.75) is 18.4 Å². The van der Waals surface area contributed by atoms with E-state index < -0.39 is 9.84 Å². The highest BCUT2D eigenvalue weighted by molar-refractivity contribution is 7.90. The molecule has 3 aromatic rings. The van der Waals surface area contributed by atoms with Crippen molar-refractivity contribution in [3.63, 3.8) is 0 Å². The maximum Gasteiger partial charge on any atom is 0.224 e. The Kier molecular flexibility index (Phi) is 4.93. The number of carbonyl (C=O) groups is 1. The van der Waals surface area contributed by atoms with Crippen LogP contribution in [0, 0.1) is 0 Å². The number of nitrogens with zero attached hydrogens (tertiary/aromatic N) is 3. The summed E-state index contributed by atoms with van der Waals surface area (Å²) in [4.78, 5) is 22.3. The predicted octanol–water partition coefficient (Wildman–Crippen LogP) is 3.24. The minimum Gasteiger partial charge on any atom is -0.305 e. The van der Waals surface area contributed by atoms with Gasteiger partial charge in [-0.25, -0.2) is 18.4 Å². The van der Waals surface area contributed by atoms with Crippen LogP contribution in [-0.4, -0.2) is 30.5 Å². The van der Waals surface area contributed by atoms with Crippen molar-refractivity contribution < 1.29 is 13.2 Å². The summed E-state index contributed by atoms with van der Waals surface area (Å²) in [6.45, 7) is 1.50. The smallest absolute Gasteiger partial charge is 0.224 e. The number of para-hydroxylation sites is 1. The molecular weight excluding hydrogens is 374 g/mol. The zero-order valence-electron chi connectivity index (χ0n) is 14.2. The number of fused-ring (bicyclic) bond motifs is 1. The third-order valence-corrected chi connectivity index (χ3v) is 5.19. The summed E-state index contributed by atoms with van der Waals surface area (Å²) in [6.07, 6.45) is 1.12. The van der Waals surface area contributed by atoms with Gasteiger partial charge in [0.15, 0.2) is 15.5 Å². The number of hydrogen-bond acceptors (Lipinski definition) is 5. The van der Waals surface area contributed by atoms with E-state index in [2.05, 4.69) is 9.97 Å². The van der Waals surface area contributed by atoms with Crippen LogP contribution in [0.5, 0.6) is 0 Å². The standard InChI is InChI=1S/C18H16ClN3O3S/c1-12(23)22(15-5-3-4-6-16(15)26(2,24)25)11-14-9-7-13-8-10-17(19)21-18(13)20-14/h3-10H,11H2,1-2H3. The average molecular weight is 390 g/mol. The lowest BCUT2D eigenvalue weighted by molar-refractivity contribution is -0.116. The minimum atomic E-state index is -3.49. The van der Waals surface area contributed by atoms with Crippen LogP contribution in [0.4, 0.5) is 5.69 Å². The molecule has 0 N–H and O–H groups in total. The van der Waals surface area contributed by atoms with Gasteiger partial charge in [0.2, 0.25) is 5.91 Å².